The molecule has 1 N–H and O–H groups in total. The average molecular weight is 639 g/mol. The van der Waals surface area contributed by atoms with Crippen LogP contribution in [0, 0.1) is 6.92 Å². The van der Waals surface area contributed by atoms with Gasteiger partial charge in [0.1, 0.15) is 12.6 Å². The molecule has 0 aliphatic heterocycles. The number of sulfonamides is 1. The Hall–Kier alpha value is -2.78. The monoisotopic (exact) mass is 637 g/mol. The van der Waals surface area contributed by atoms with Crippen LogP contribution in [-0.2, 0) is 26.2 Å². The second-order valence-electron chi connectivity index (χ2n) is 9.58. The second kappa shape index (κ2) is 14.9. The molecule has 0 radical (unpaired) electrons. The van der Waals surface area contributed by atoms with Crippen LogP contribution in [0.1, 0.15) is 44.2 Å². The molecule has 0 aliphatic rings. The minimum atomic E-state index is -4.27. The summed E-state index contributed by atoms with van der Waals surface area (Å²) in [6.07, 6.45) is 1.98. The number of carbonyl (C=O) groups excluding carboxylic acids is 2. The molecule has 1 unspecified atom stereocenters. The Morgan fingerprint density at radius 2 is 1.56 bits per heavy atom. The summed E-state index contributed by atoms with van der Waals surface area (Å²) in [5.74, 6) is -0.927. The van der Waals surface area contributed by atoms with Gasteiger partial charge in [0.2, 0.25) is 11.8 Å². The Labute approximate surface area is 257 Å². The number of benzene rings is 3. The van der Waals surface area contributed by atoms with Crippen LogP contribution in [0.5, 0.6) is 0 Å². The van der Waals surface area contributed by atoms with Gasteiger partial charge < -0.3 is 10.2 Å². The van der Waals surface area contributed by atoms with E-state index in [9.17, 15) is 18.0 Å². The van der Waals surface area contributed by atoms with Crippen molar-refractivity contribution >= 4 is 62.3 Å². The molecule has 41 heavy (non-hydrogen) atoms. The van der Waals surface area contributed by atoms with Gasteiger partial charge in [-0.2, -0.15) is 0 Å². The van der Waals surface area contributed by atoms with Gasteiger partial charge in [0, 0.05) is 18.1 Å². The first-order valence-electron chi connectivity index (χ1n) is 13.3. The fourth-order valence-electron chi connectivity index (χ4n) is 4.27. The van der Waals surface area contributed by atoms with E-state index >= 15 is 0 Å². The molecule has 0 saturated carbocycles. The van der Waals surface area contributed by atoms with Gasteiger partial charge in [0.15, 0.2) is 0 Å². The number of carbonyl (C=O) groups is 2. The van der Waals surface area contributed by atoms with Gasteiger partial charge in [-0.15, -0.1) is 0 Å². The molecule has 7 nitrogen and oxygen atoms in total. The average Bonchev–Trinajstić information content (AvgIpc) is 2.94. The SMILES string of the molecule is CCCCNC(=O)C(CC)N(Cc1ccccc1Cl)C(=O)CN(c1cccc(Cl)c1Cl)S(=O)(=O)c1ccc(C)cc1. The van der Waals surface area contributed by atoms with Crippen molar-refractivity contribution in [3.8, 4) is 0 Å². The first kappa shape index (κ1) is 32.7. The van der Waals surface area contributed by atoms with E-state index in [-0.39, 0.29) is 33.1 Å². The molecular weight excluding hydrogens is 605 g/mol. The zero-order chi connectivity index (χ0) is 30.2. The van der Waals surface area contributed by atoms with Crippen molar-refractivity contribution in [2.75, 3.05) is 17.4 Å². The number of hydrogen-bond acceptors (Lipinski definition) is 4. The lowest BCUT2D eigenvalue weighted by molar-refractivity contribution is -0.140. The van der Waals surface area contributed by atoms with Gasteiger partial charge in [-0.3, -0.25) is 13.9 Å². The van der Waals surface area contributed by atoms with E-state index in [1.165, 1.54) is 29.2 Å². The number of halogens is 3. The lowest BCUT2D eigenvalue weighted by atomic mass is 10.1. The predicted octanol–water partition coefficient (Wildman–Crippen LogP) is 6.87. The summed E-state index contributed by atoms with van der Waals surface area (Å²) in [5.41, 5.74) is 1.54. The van der Waals surface area contributed by atoms with E-state index in [0.717, 1.165) is 22.7 Å². The smallest absolute Gasteiger partial charge is 0.264 e. The van der Waals surface area contributed by atoms with Crippen molar-refractivity contribution in [1.29, 1.82) is 0 Å². The van der Waals surface area contributed by atoms with Crippen LogP contribution >= 0.6 is 34.8 Å². The van der Waals surface area contributed by atoms with Crippen LogP contribution < -0.4 is 9.62 Å². The molecule has 11 heteroatoms. The third-order valence-corrected chi connectivity index (χ3v) is 9.55. The number of nitrogens with one attached hydrogen (secondary N) is 1. The quantitative estimate of drug-likeness (QED) is 0.207. The van der Waals surface area contributed by atoms with Crippen LogP contribution in [0.2, 0.25) is 15.1 Å². The molecule has 2 amide bonds. The first-order valence-corrected chi connectivity index (χ1v) is 15.9. The summed E-state index contributed by atoms with van der Waals surface area (Å²) in [5, 5.41) is 3.44. The maximum Gasteiger partial charge on any atom is 0.264 e. The third-order valence-electron chi connectivity index (χ3n) is 6.60. The fourth-order valence-corrected chi connectivity index (χ4v) is 6.34. The molecule has 3 aromatic rings. The van der Waals surface area contributed by atoms with E-state index in [1.807, 2.05) is 13.8 Å². The molecule has 0 spiro atoms. The van der Waals surface area contributed by atoms with Crippen molar-refractivity contribution in [1.82, 2.24) is 10.2 Å². The van der Waals surface area contributed by atoms with Crippen LogP contribution in [0.3, 0.4) is 0 Å². The van der Waals surface area contributed by atoms with Crippen LogP contribution in [0.4, 0.5) is 5.69 Å². The number of anilines is 1. The maximum absolute atomic E-state index is 14.1. The highest BCUT2D eigenvalue weighted by molar-refractivity contribution is 7.92. The lowest BCUT2D eigenvalue weighted by Crippen LogP contribution is -2.52. The Bertz CT molecular complexity index is 1470. The van der Waals surface area contributed by atoms with Crippen molar-refractivity contribution in [2.45, 2.75) is 57.5 Å². The van der Waals surface area contributed by atoms with Crippen LogP contribution in [0.15, 0.2) is 71.6 Å². The molecule has 3 rings (SSSR count). The topological polar surface area (TPSA) is 86.8 Å². The molecule has 0 saturated heterocycles. The molecule has 0 heterocycles. The largest absolute Gasteiger partial charge is 0.354 e. The molecular formula is C30H34Cl3N3O4S. The normalized spacial score (nSPS) is 12.0. The number of amides is 2. The lowest BCUT2D eigenvalue weighted by Gasteiger charge is -2.33. The van der Waals surface area contributed by atoms with Gasteiger partial charge in [0.05, 0.1) is 20.6 Å². The Balaban J connectivity index is 2.09. The third kappa shape index (κ3) is 8.16. The fraction of sp³-hybridized carbons (Fsp3) is 0.333. The highest BCUT2D eigenvalue weighted by Gasteiger charge is 2.34. The zero-order valence-corrected chi connectivity index (χ0v) is 26.3. The highest BCUT2D eigenvalue weighted by atomic mass is 35.5. The number of unbranched alkanes of at least 4 members (excludes halogenated alkanes) is 1. The highest BCUT2D eigenvalue weighted by Crippen LogP contribution is 2.35. The summed E-state index contributed by atoms with van der Waals surface area (Å²) in [6.45, 7) is 5.49. The molecule has 3 aromatic carbocycles. The van der Waals surface area contributed by atoms with Crippen molar-refractivity contribution in [3.63, 3.8) is 0 Å². The summed E-state index contributed by atoms with van der Waals surface area (Å²) in [6, 6.07) is 17.0. The van der Waals surface area contributed by atoms with Gasteiger partial charge in [-0.1, -0.05) is 97.0 Å². The minimum absolute atomic E-state index is 0.0000908. The summed E-state index contributed by atoms with van der Waals surface area (Å²) < 4.78 is 28.9. The van der Waals surface area contributed by atoms with Gasteiger partial charge in [-0.25, -0.2) is 8.42 Å². The Morgan fingerprint density at radius 3 is 2.20 bits per heavy atom. The molecule has 1 atom stereocenters. The molecule has 0 aromatic heterocycles. The first-order chi connectivity index (χ1) is 19.5. The van der Waals surface area contributed by atoms with E-state index in [1.54, 1.807) is 49.4 Å². The van der Waals surface area contributed by atoms with Crippen LogP contribution in [-0.4, -0.2) is 44.3 Å². The molecule has 0 aliphatic carbocycles. The standard InChI is InChI=1S/C30H34Cl3N3O4S/c1-4-6-18-34-30(38)26(5-2)35(19-22-10-7-8-11-24(22)31)28(37)20-36(27-13-9-12-25(32)29(27)33)41(39,40)23-16-14-21(3)15-17-23/h7-17,26H,4-6,18-20H2,1-3H3,(H,34,38). The van der Waals surface area contributed by atoms with Gasteiger partial charge in [-0.05, 0) is 55.7 Å². The van der Waals surface area contributed by atoms with E-state index in [0.29, 0.717) is 23.6 Å². The molecule has 0 bridgehead atoms. The number of nitrogens with zero attached hydrogens (tertiary/aromatic N) is 2. The van der Waals surface area contributed by atoms with Crippen LogP contribution in [0.25, 0.3) is 0 Å². The van der Waals surface area contributed by atoms with Crippen molar-refractivity contribution in [2.24, 2.45) is 0 Å². The maximum atomic E-state index is 14.1. The molecule has 220 valence electrons. The summed E-state index contributed by atoms with van der Waals surface area (Å²) >= 11 is 19.2. The van der Waals surface area contributed by atoms with Crippen molar-refractivity contribution in [3.05, 3.63) is 92.9 Å². The molecule has 0 fully saturated rings. The summed E-state index contributed by atoms with van der Waals surface area (Å²) in [4.78, 5) is 28.7. The number of rotatable bonds is 13. The number of aryl methyl sites for hydroxylation is 1. The van der Waals surface area contributed by atoms with Gasteiger partial charge in [0.25, 0.3) is 10.0 Å². The second-order valence-corrected chi connectivity index (χ2v) is 12.6. The number of hydrogen-bond donors (Lipinski definition) is 1. The van der Waals surface area contributed by atoms with Crippen molar-refractivity contribution < 1.29 is 18.0 Å². The Kier molecular flexibility index (Phi) is 11.9. The Morgan fingerprint density at radius 1 is 0.902 bits per heavy atom. The minimum Gasteiger partial charge on any atom is -0.354 e. The van der Waals surface area contributed by atoms with Gasteiger partial charge >= 0.3 is 0 Å². The zero-order valence-electron chi connectivity index (χ0n) is 23.2. The predicted molar refractivity (Wildman–Crippen MR) is 166 cm³/mol. The van der Waals surface area contributed by atoms with E-state index in [4.69, 9.17) is 34.8 Å². The van der Waals surface area contributed by atoms with E-state index < -0.39 is 28.5 Å². The summed E-state index contributed by atoms with van der Waals surface area (Å²) in [7, 11) is -4.27. The van der Waals surface area contributed by atoms with E-state index in [2.05, 4.69) is 5.32 Å².